The summed E-state index contributed by atoms with van der Waals surface area (Å²) >= 11 is 0. The molecule has 0 aromatic heterocycles. The van der Waals surface area contributed by atoms with Gasteiger partial charge in [-0.25, -0.2) is 21.6 Å². The van der Waals surface area contributed by atoms with Crippen LogP contribution in [0.1, 0.15) is 10.4 Å². The van der Waals surface area contributed by atoms with Gasteiger partial charge in [-0.1, -0.05) is 6.07 Å². The van der Waals surface area contributed by atoms with Crippen LogP contribution in [0.3, 0.4) is 0 Å². The zero-order valence-electron chi connectivity index (χ0n) is 13.3. The molecule has 0 fully saturated rings. The Kier molecular flexibility index (Phi) is 5.04. The van der Waals surface area contributed by atoms with Gasteiger partial charge in [0.25, 0.3) is 10.0 Å². The Balaban J connectivity index is 2.37. The van der Waals surface area contributed by atoms with E-state index in [1.54, 1.807) is 0 Å². The van der Waals surface area contributed by atoms with E-state index in [2.05, 4.69) is 9.46 Å². The topological polar surface area (TPSA) is 127 Å². The predicted octanol–water partition coefficient (Wildman–Crippen LogP) is 1.38. The molecule has 0 bridgehead atoms. The highest BCUT2D eigenvalue weighted by Gasteiger charge is 2.19. The number of esters is 1. The Hall–Kier alpha value is -2.59. The summed E-state index contributed by atoms with van der Waals surface area (Å²) in [5, 5.41) is 9.80. The fourth-order valence-electron chi connectivity index (χ4n) is 1.96. The van der Waals surface area contributed by atoms with Crippen molar-refractivity contribution in [2.45, 2.75) is 9.79 Å². The minimum Gasteiger partial charge on any atom is -0.507 e. The molecule has 2 rings (SSSR count). The van der Waals surface area contributed by atoms with Crippen molar-refractivity contribution in [2.75, 3.05) is 18.1 Å². The number of ether oxygens (including phenoxy) is 1. The molecule has 2 aromatic carbocycles. The number of aromatic hydroxyl groups is 1. The van der Waals surface area contributed by atoms with Crippen LogP contribution in [0.5, 0.6) is 5.75 Å². The molecule has 0 saturated heterocycles. The zero-order valence-corrected chi connectivity index (χ0v) is 14.9. The van der Waals surface area contributed by atoms with Crippen molar-refractivity contribution >= 4 is 31.5 Å². The van der Waals surface area contributed by atoms with Crippen molar-refractivity contribution in [3.8, 4) is 5.75 Å². The van der Waals surface area contributed by atoms with Gasteiger partial charge < -0.3 is 9.84 Å². The lowest BCUT2D eigenvalue weighted by molar-refractivity contribution is 0.0597. The van der Waals surface area contributed by atoms with Gasteiger partial charge in [0.05, 0.1) is 22.6 Å². The van der Waals surface area contributed by atoms with E-state index in [0.717, 1.165) is 25.5 Å². The first-order chi connectivity index (χ1) is 11.5. The van der Waals surface area contributed by atoms with Crippen LogP contribution in [0.2, 0.25) is 0 Å². The zero-order chi connectivity index (χ0) is 18.8. The Labute approximate surface area is 145 Å². The van der Waals surface area contributed by atoms with E-state index < -0.39 is 31.6 Å². The molecule has 2 aromatic rings. The van der Waals surface area contributed by atoms with Gasteiger partial charge in [-0.15, -0.1) is 0 Å². The highest BCUT2D eigenvalue weighted by molar-refractivity contribution is 7.93. The van der Waals surface area contributed by atoms with Gasteiger partial charge in [-0.05, 0) is 30.3 Å². The SMILES string of the molecule is COC(=O)c1ccc(NS(=O)(=O)c2cccc(S(C)(=O)=O)c2)cc1O. The summed E-state index contributed by atoms with van der Waals surface area (Å²) < 4.78 is 54.6. The highest BCUT2D eigenvalue weighted by Crippen LogP contribution is 2.25. The van der Waals surface area contributed by atoms with E-state index in [-0.39, 0.29) is 21.0 Å². The Bertz CT molecular complexity index is 1030. The second-order valence-corrected chi connectivity index (χ2v) is 8.77. The number of carbonyl (C=O) groups excluding carboxylic acids is 1. The lowest BCUT2D eigenvalue weighted by Crippen LogP contribution is -2.14. The Morgan fingerprint density at radius 2 is 1.68 bits per heavy atom. The third-order valence-electron chi connectivity index (χ3n) is 3.20. The third kappa shape index (κ3) is 4.28. The lowest BCUT2D eigenvalue weighted by atomic mass is 10.2. The quantitative estimate of drug-likeness (QED) is 0.745. The molecule has 0 heterocycles. The molecule has 0 saturated carbocycles. The van der Waals surface area contributed by atoms with Gasteiger partial charge in [0.2, 0.25) is 0 Å². The third-order valence-corrected chi connectivity index (χ3v) is 5.69. The van der Waals surface area contributed by atoms with Crippen molar-refractivity contribution in [3.05, 3.63) is 48.0 Å². The summed E-state index contributed by atoms with van der Waals surface area (Å²) in [6.45, 7) is 0. The second-order valence-electron chi connectivity index (χ2n) is 5.08. The maximum Gasteiger partial charge on any atom is 0.341 e. The first-order valence-electron chi connectivity index (χ1n) is 6.79. The molecule has 0 atom stereocenters. The van der Waals surface area contributed by atoms with Gasteiger partial charge in [-0.3, -0.25) is 4.72 Å². The number of sulfone groups is 1. The molecule has 2 N–H and O–H groups in total. The molecule has 0 spiro atoms. The Morgan fingerprint density at radius 1 is 1.04 bits per heavy atom. The molecule has 0 aliphatic rings. The molecular weight excluding hydrogens is 370 g/mol. The Morgan fingerprint density at radius 3 is 2.24 bits per heavy atom. The summed E-state index contributed by atoms with van der Waals surface area (Å²) in [6.07, 6.45) is 0.968. The summed E-state index contributed by atoms with van der Waals surface area (Å²) in [6, 6.07) is 8.37. The van der Waals surface area contributed by atoms with E-state index in [0.29, 0.717) is 0 Å². The first kappa shape index (κ1) is 18.7. The van der Waals surface area contributed by atoms with Gasteiger partial charge in [-0.2, -0.15) is 0 Å². The van der Waals surface area contributed by atoms with Crippen LogP contribution in [-0.2, 0) is 24.6 Å². The van der Waals surface area contributed by atoms with Gasteiger partial charge in [0.1, 0.15) is 11.3 Å². The van der Waals surface area contributed by atoms with E-state index >= 15 is 0 Å². The molecule has 10 heteroatoms. The van der Waals surface area contributed by atoms with Crippen LogP contribution in [-0.4, -0.2) is 41.3 Å². The van der Waals surface area contributed by atoms with E-state index in [4.69, 9.17) is 0 Å². The normalized spacial score (nSPS) is 11.8. The summed E-state index contributed by atoms with van der Waals surface area (Å²) in [7, 11) is -6.51. The molecule has 0 amide bonds. The number of benzene rings is 2. The predicted molar refractivity (Wildman–Crippen MR) is 89.8 cm³/mol. The van der Waals surface area contributed by atoms with Crippen LogP contribution in [0.25, 0.3) is 0 Å². The van der Waals surface area contributed by atoms with Crippen molar-refractivity contribution in [2.24, 2.45) is 0 Å². The number of hydrogen-bond acceptors (Lipinski definition) is 7. The van der Waals surface area contributed by atoms with Crippen molar-refractivity contribution in [1.29, 1.82) is 0 Å². The minimum atomic E-state index is -4.09. The standard InChI is InChI=1S/C15H15NO7S2/c1-23-15(18)13-7-6-10(8-14(13)17)16-25(21,22)12-5-3-4-11(9-12)24(2,19)20/h3-9,16-17H,1-2H3. The number of carbonyl (C=O) groups is 1. The number of phenols is 1. The summed E-state index contributed by atoms with van der Waals surface area (Å²) in [5.41, 5.74) is -0.126. The summed E-state index contributed by atoms with van der Waals surface area (Å²) in [4.78, 5) is 11.0. The fourth-order valence-corrected chi connectivity index (χ4v) is 3.80. The highest BCUT2D eigenvalue weighted by atomic mass is 32.2. The fraction of sp³-hybridized carbons (Fsp3) is 0.133. The molecular formula is C15H15NO7S2. The van der Waals surface area contributed by atoms with Crippen molar-refractivity contribution in [1.82, 2.24) is 0 Å². The average molecular weight is 385 g/mol. The van der Waals surface area contributed by atoms with Gasteiger partial charge in [0.15, 0.2) is 9.84 Å². The lowest BCUT2D eigenvalue weighted by Gasteiger charge is -2.10. The molecule has 134 valence electrons. The van der Waals surface area contributed by atoms with Crippen molar-refractivity contribution in [3.63, 3.8) is 0 Å². The molecule has 0 radical (unpaired) electrons. The first-order valence-corrected chi connectivity index (χ1v) is 10.2. The second kappa shape index (κ2) is 6.73. The smallest absolute Gasteiger partial charge is 0.341 e. The number of nitrogens with one attached hydrogen (secondary N) is 1. The molecule has 0 unspecified atom stereocenters. The average Bonchev–Trinajstić information content (AvgIpc) is 2.53. The number of hydrogen-bond donors (Lipinski definition) is 2. The van der Waals surface area contributed by atoms with Gasteiger partial charge >= 0.3 is 5.97 Å². The van der Waals surface area contributed by atoms with Crippen LogP contribution >= 0.6 is 0 Å². The molecule has 0 aliphatic heterocycles. The maximum absolute atomic E-state index is 12.4. The number of methoxy groups -OCH3 is 1. The molecule has 25 heavy (non-hydrogen) atoms. The minimum absolute atomic E-state index is 0.00471. The van der Waals surface area contributed by atoms with Gasteiger partial charge in [0, 0.05) is 12.3 Å². The molecule has 0 aliphatic carbocycles. The molecule has 8 nitrogen and oxygen atoms in total. The summed E-state index contributed by atoms with van der Waals surface area (Å²) in [5.74, 6) is -1.23. The van der Waals surface area contributed by atoms with Crippen LogP contribution in [0, 0.1) is 0 Å². The number of rotatable bonds is 5. The van der Waals surface area contributed by atoms with Crippen LogP contribution in [0.4, 0.5) is 5.69 Å². The monoisotopic (exact) mass is 385 g/mol. The number of sulfonamides is 1. The van der Waals surface area contributed by atoms with Crippen molar-refractivity contribution < 1.29 is 31.5 Å². The van der Waals surface area contributed by atoms with Crippen LogP contribution in [0.15, 0.2) is 52.3 Å². The van der Waals surface area contributed by atoms with Crippen LogP contribution < -0.4 is 4.72 Å². The van der Waals surface area contributed by atoms with E-state index in [9.17, 15) is 26.7 Å². The largest absolute Gasteiger partial charge is 0.507 e. The maximum atomic E-state index is 12.4. The van der Waals surface area contributed by atoms with E-state index in [1.165, 1.54) is 30.3 Å². The number of phenolic OH excluding ortho intramolecular Hbond substituents is 1. The number of anilines is 1. The van der Waals surface area contributed by atoms with E-state index in [1.807, 2.05) is 0 Å².